The minimum atomic E-state index is 0.500. The SMILES string of the molecule is C=CCCCC1CCCC1N. The van der Waals surface area contributed by atoms with E-state index in [1.807, 2.05) is 6.08 Å². The van der Waals surface area contributed by atoms with Crippen molar-refractivity contribution < 1.29 is 0 Å². The smallest absolute Gasteiger partial charge is 0.00671 e. The summed E-state index contributed by atoms with van der Waals surface area (Å²) in [5.74, 6) is 0.815. The lowest BCUT2D eigenvalue weighted by atomic mass is 9.97. The van der Waals surface area contributed by atoms with Gasteiger partial charge in [-0.2, -0.15) is 0 Å². The zero-order chi connectivity index (χ0) is 8.10. The molecule has 1 heteroatoms. The first-order valence-electron chi connectivity index (χ1n) is 4.71. The zero-order valence-electron chi connectivity index (χ0n) is 7.26. The molecule has 0 amide bonds. The molecule has 0 heterocycles. The molecule has 64 valence electrons. The van der Waals surface area contributed by atoms with E-state index in [4.69, 9.17) is 5.73 Å². The zero-order valence-corrected chi connectivity index (χ0v) is 7.26. The molecule has 1 nitrogen and oxygen atoms in total. The van der Waals surface area contributed by atoms with Gasteiger partial charge in [0, 0.05) is 6.04 Å². The summed E-state index contributed by atoms with van der Waals surface area (Å²) in [6.45, 7) is 3.71. The monoisotopic (exact) mass is 153 g/mol. The molecule has 0 aliphatic heterocycles. The molecule has 0 radical (unpaired) electrons. The first kappa shape index (κ1) is 8.79. The Morgan fingerprint density at radius 3 is 2.82 bits per heavy atom. The fraction of sp³-hybridized carbons (Fsp3) is 0.800. The second kappa shape index (κ2) is 4.55. The van der Waals surface area contributed by atoms with Gasteiger partial charge in [-0.15, -0.1) is 6.58 Å². The van der Waals surface area contributed by atoms with Crippen molar-refractivity contribution in [1.82, 2.24) is 0 Å². The van der Waals surface area contributed by atoms with Crippen LogP contribution in [-0.4, -0.2) is 6.04 Å². The summed E-state index contributed by atoms with van der Waals surface area (Å²) in [5, 5.41) is 0. The fourth-order valence-electron chi connectivity index (χ4n) is 1.95. The molecule has 0 saturated heterocycles. The highest BCUT2D eigenvalue weighted by molar-refractivity contribution is 4.80. The summed E-state index contributed by atoms with van der Waals surface area (Å²) in [5.41, 5.74) is 5.94. The average Bonchev–Trinajstić information content (AvgIpc) is 2.37. The average molecular weight is 153 g/mol. The van der Waals surface area contributed by atoms with E-state index in [9.17, 15) is 0 Å². The maximum Gasteiger partial charge on any atom is 0.00671 e. The molecular formula is C10H19N. The van der Waals surface area contributed by atoms with Crippen molar-refractivity contribution in [3.8, 4) is 0 Å². The van der Waals surface area contributed by atoms with E-state index in [1.54, 1.807) is 0 Å². The Morgan fingerprint density at radius 2 is 2.27 bits per heavy atom. The van der Waals surface area contributed by atoms with E-state index >= 15 is 0 Å². The molecule has 11 heavy (non-hydrogen) atoms. The Kier molecular flexibility index (Phi) is 3.64. The Balaban J connectivity index is 2.10. The van der Waals surface area contributed by atoms with Crippen molar-refractivity contribution in [3.05, 3.63) is 12.7 Å². The molecule has 1 rings (SSSR count). The van der Waals surface area contributed by atoms with Crippen LogP contribution in [0.25, 0.3) is 0 Å². The molecule has 0 aromatic heterocycles. The Bertz CT molecular complexity index is 120. The third-order valence-corrected chi connectivity index (χ3v) is 2.70. The Morgan fingerprint density at radius 1 is 1.45 bits per heavy atom. The topological polar surface area (TPSA) is 26.0 Å². The van der Waals surface area contributed by atoms with Crippen molar-refractivity contribution in [2.24, 2.45) is 11.7 Å². The number of hydrogen-bond donors (Lipinski definition) is 1. The van der Waals surface area contributed by atoms with Crippen LogP contribution in [0.3, 0.4) is 0 Å². The minimum Gasteiger partial charge on any atom is -0.327 e. The molecule has 2 atom stereocenters. The summed E-state index contributed by atoms with van der Waals surface area (Å²) in [7, 11) is 0. The normalized spacial score (nSPS) is 30.6. The van der Waals surface area contributed by atoms with Crippen LogP contribution < -0.4 is 5.73 Å². The van der Waals surface area contributed by atoms with Gasteiger partial charge in [0.1, 0.15) is 0 Å². The van der Waals surface area contributed by atoms with Gasteiger partial charge in [-0.25, -0.2) is 0 Å². The lowest BCUT2D eigenvalue weighted by Crippen LogP contribution is -2.24. The lowest BCUT2D eigenvalue weighted by Gasteiger charge is -2.13. The second-order valence-corrected chi connectivity index (χ2v) is 3.57. The molecule has 1 saturated carbocycles. The highest BCUT2D eigenvalue weighted by atomic mass is 14.7. The number of rotatable bonds is 4. The van der Waals surface area contributed by atoms with Crippen LogP contribution in [0.4, 0.5) is 0 Å². The first-order valence-corrected chi connectivity index (χ1v) is 4.71. The van der Waals surface area contributed by atoms with Gasteiger partial charge in [-0.05, 0) is 38.0 Å². The van der Waals surface area contributed by atoms with Gasteiger partial charge in [-0.1, -0.05) is 12.5 Å². The summed E-state index contributed by atoms with van der Waals surface area (Å²) in [6, 6.07) is 0.500. The Hall–Kier alpha value is -0.300. The van der Waals surface area contributed by atoms with Crippen molar-refractivity contribution in [3.63, 3.8) is 0 Å². The quantitative estimate of drug-likeness (QED) is 0.487. The Labute approximate surface area is 69.7 Å². The standard InChI is InChI=1S/C10H19N/c1-2-3-4-6-9-7-5-8-10(9)11/h2,9-10H,1,3-8,11H2. The maximum absolute atomic E-state index is 5.94. The van der Waals surface area contributed by atoms with Gasteiger partial charge in [0.2, 0.25) is 0 Å². The number of allylic oxidation sites excluding steroid dienone is 1. The number of nitrogens with two attached hydrogens (primary N) is 1. The molecular weight excluding hydrogens is 134 g/mol. The van der Waals surface area contributed by atoms with Crippen LogP contribution in [0.2, 0.25) is 0 Å². The summed E-state index contributed by atoms with van der Waals surface area (Å²) >= 11 is 0. The predicted octanol–water partition coefficient (Wildman–Crippen LogP) is 2.47. The van der Waals surface area contributed by atoms with Crippen molar-refractivity contribution in [2.45, 2.75) is 44.6 Å². The van der Waals surface area contributed by atoms with E-state index in [0.29, 0.717) is 6.04 Å². The molecule has 0 aromatic rings. The number of unbranched alkanes of at least 4 members (excludes halogenated alkanes) is 1. The van der Waals surface area contributed by atoms with Crippen molar-refractivity contribution in [2.75, 3.05) is 0 Å². The lowest BCUT2D eigenvalue weighted by molar-refractivity contribution is 0.435. The van der Waals surface area contributed by atoms with Crippen LogP contribution in [0.5, 0.6) is 0 Å². The van der Waals surface area contributed by atoms with E-state index in [0.717, 1.165) is 12.3 Å². The maximum atomic E-state index is 5.94. The summed E-state index contributed by atoms with van der Waals surface area (Å²) in [6.07, 6.45) is 9.70. The third kappa shape index (κ3) is 2.66. The molecule has 1 aliphatic rings. The molecule has 2 unspecified atom stereocenters. The second-order valence-electron chi connectivity index (χ2n) is 3.57. The largest absolute Gasteiger partial charge is 0.327 e. The summed E-state index contributed by atoms with van der Waals surface area (Å²) < 4.78 is 0. The van der Waals surface area contributed by atoms with E-state index in [-0.39, 0.29) is 0 Å². The third-order valence-electron chi connectivity index (χ3n) is 2.70. The van der Waals surface area contributed by atoms with E-state index in [2.05, 4.69) is 6.58 Å². The molecule has 0 spiro atoms. The predicted molar refractivity (Wildman–Crippen MR) is 49.4 cm³/mol. The number of hydrogen-bond acceptors (Lipinski definition) is 1. The first-order chi connectivity index (χ1) is 5.34. The van der Waals surface area contributed by atoms with Gasteiger partial charge < -0.3 is 5.73 Å². The summed E-state index contributed by atoms with van der Waals surface area (Å²) in [4.78, 5) is 0. The minimum absolute atomic E-state index is 0.500. The van der Waals surface area contributed by atoms with Crippen LogP contribution in [-0.2, 0) is 0 Å². The van der Waals surface area contributed by atoms with Crippen LogP contribution in [0.1, 0.15) is 38.5 Å². The van der Waals surface area contributed by atoms with Crippen molar-refractivity contribution >= 4 is 0 Å². The molecule has 2 N–H and O–H groups in total. The molecule has 0 aromatic carbocycles. The van der Waals surface area contributed by atoms with Gasteiger partial charge in [-0.3, -0.25) is 0 Å². The highest BCUT2D eigenvalue weighted by Gasteiger charge is 2.22. The van der Waals surface area contributed by atoms with Gasteiger partial charge in [0.05, 0.1) is 0 Å². The van der Waals surface area contributed by atoms with Crippen LogP contribution in [0.15, 0.2) is 12.7 Å². The van der Waals surface area contributed by atoms with Gasteiger partial charge >= 0.3 is 0 Å². The fourth-order valence-corrected chi connectivity index (χ4v) is 1.95. The molecule has 0 bridgehead atoms. The van der Waals surface area contributed by atoms with Crippen LogP contribution >= 0.6 is 0 Å². The van der Waals surface area contributed by atoms with Gasteiger partial charge in [0.25, 0.3) is 0 Å². The van der Waals surface area contributed by atoms with Crippen LogP contribution in [0, 0.1) is 5.92 Å². The van der Waals surface area contributed by atoms with Gasteiger partial charge in [0.15, 0.2) is 0 Å². The highest BCUT2D eigenvalue weighted by Crippen LogP contribution is 2.28. The molecule has 1 fully saturated rings. The van der Waals surface area contributed by atoms with Crippen molar-refractivity contribution in [1.29, 1.82) is 0 Å². The van der Waals surface area contributed by atoms with E-state index in [1.165, 1.54) is 32.1 Å². The van der Waals surface area contributed by atoms with E-state index < -0.39 is 0 Å². The molecule has 1 aliphatic carbocycles.